The molecule has 0 amide bonds. The fraction of sp³-hybridized carbons (Fsp3) is 0.118. The summed E-state index contributed by atoms with van der Waals surface area (Å²) in [6, 6.07) is 16.5. The highest BCUT2D eigenvalue weighted by Crippen LogP contribution is 2.24. The Hall–Kier alpha value is -2.47. The molecule has 3 aromatic rings. The van der Waals surface area contributed by atoms with Gasteiger partial charge in [-0.3, -0.25) is 0 Å². The number of esters is 1. The normalized spacial score (nSPS) is 11.9. The first kappa shape index (κ1) is 15.4. The molecule has 0 spiro atoms. The second kappa shape index (κ2) is 6.75. The predicted octanol–water partition coefficient (Wildman–Crippen LogP) is 4.42. The molecule has 23 heavy (non-hydrogen) atoms. The Kier molecular flexibility index (Phi) is 4.52. The van der Waals surface area contributed by atoms with Crippen LogP contribution in [0.15, 0.2) is 63.5 Å². The lowest BCUT2D eigenvalue weighted by Gasteiger charge is -2.10. The molecule has 0 radical (unpaired) electrons. The Bertz CT molecular complexity index is 817. The van der Waals surface area contributed by atoms with Gasteiger partial charge in [0.2, 0.25) is 5.89 Å². The van der Waals surface area contributed by atoms with Crippen LogP contribution in [0.1, 0.15) is 29.3 Å². The maximum atomic E-state index is 12.2. The zero-order valence-electron chi connectivity index (χ0n) is 12.3. The molecule has 5 nitrogen and oxygen atoms in total. The van der Waals surface area contributed by atoms with Crippen molar-refractivity contribution in [1.82, 2.24) is 10.2 Å². The number of carbonyl (C=O) groups is 1. The van der Waals surface area contributed by atoms with Crippen molar-refractivity contribution >= 4 is 21.9 Å². The van der Waals surface area contributed by atoms with E-state index in [1.54, 1.807) is 25.1 Å². The van der Waals surface area contributed by atoms with E-state index in [1.165, 1.54) is 0 Å². The summed E-state index contributed by atoms with van der Waals surface area (Å²) >= 11 is 3.33. The largest absolute Gasteiger partial charge is 0.449 e. The minimum absolute atomic E-state index is 0.254. The molecule has 3 rings (SSSR count). The van der Waals surface area contributed by atoms with Crippen LogP contribution in [0.5, 0.6) is 0 Å². The number of rotatable bonds is 4. The van der Waals surface area contributed by atoms with E-state index in [0.717, 1.165) is 5.56 Å². The number of nitrogens with zero attached hydrogens (tertiary/aromatic N) is 2. The Morgan fingerprint density at radius 2 is 1.78 bits per heavy atom. The van der Waals surface area contributed by atoms with Crippen molar-refractivity contribution in [1.29, 1.82) is 0 Å². The van der Waals surface area contributed by atoms with Crippen molar-refractivity contribution in [3.8, 4) is 11.5 Å². The Balaban J connectivity index is 1.74. The van der Waals surface area contributed by atoms with Gasteiger partial charge in [0.05, 0.1) is 5.56 Å². The first-order valence-electron chi connectivity index (χ1n) is 6.99. The first-order valence-corrected chi connectivity index (χ1v) is 7.79. The average molecular weight is 373 g/mol. The Morgan fingerprint density at radius 3 is 2.52 bits per heavy atom. The molecule has 116 valence electrons. The van der Waals surface area contributed by atoms with E-state index in [9.17, 15) is 4.79 Å². The summed E-state index contributed by atoms with van der Waals surface area (Å²) in [6.07, 6.45) is -0.639. The van der Waals surface area contributed by atoms with Gasteiger partial charge in [0.15, 0.2) is 6.10 Å². The van der Waals surface area contributed by atoms with Gasteiger partial charge < -0.3 is 9.15 Å². The molecule has 1 heterocycles. The molecule has 0 N–H and O–H groups in total. The number of aromatic nitrogens is 2. The molecule has 0 fully saturated rings. The number of ether oxygens (including phenoxy) is 1. The number of halogens is 1. The fourth-order valence-corrected chi connectivity index (χ4v) is 2.44. The quantitative estimate of drug-likeness (QED) is 0.634. The lowest BCUT2D eigenvalue weighted by molar-refractivity contribution is 0.0279. The highest BCUT2D eigenvalue weighted by molar-refractivity contribution is 9.10. The standard InChI is InChI=1S/C17H13BrN2O3/c1-11(22-17(21)13-9-5-6-10-14(13)18)15-19-20-16(23-15)12-7-3-2-4-8-12/h2-11H,1H3. The zero-order chi connectivity index (χ0) is 16.2. The van der Waals surface area contributed by atoms with E-state index in [0.29, 0.717) is 15.9 Å². The topological polar surface area (TPSA) is 65.2 Å². The highest BCUT2D eigenvalue weighted by atomic mass is 79.9. The molecule has 2 aromatic carbocycles. The second-order valence-corrected chi connectivity index (χ2v) is 5.69. The van der Waals surface area contributed by atoms with E-state index in [2.05, 4.69) is 26.1 Å². The van der Waals surface area contributed by atoms with E-state index in [1.807, 2.05) is 36.4 Å². The minimum Gasteiger partial charge on any atom is -0.449 e. The third kappa shape index (κ3) is 3.48. The van der Waals surface area contributed by atoms with E-state index in [-0.39, 0.29) is 5.89 Å². The average Bonchev–Trinajstić information content (AvgIpc) is 3.06. The molecule has 1 atom stereocenters. The van der Waals surface area contributed by atoms with Crippen molar-refractivity contribution in [3.05, 3.63) is 70.5 Å². The maximum absolute atomic E-state index is 12.2. The summed E-state index contributed by atoms with van der Waals surface area (Å²) in [5, 5.41) is 7.94. The Morgan fingerprint density at radius 1 is 1.09 bits per heavy atom. The van der Waals surface area contributed by atoms with E-state index >= 15 is 0 Å². The number of benzene rings is 2. The molecule has 1 aromatic heterocycles. The van der Waals surface area contributed by atoms with Gasteiger partial charge in [-0.25, -0.2) is 4.79 Å². The van der Waals surface area contributed by atoms with Crippen LogP contribution in [-0.4, -0.2) is 16.2 Å². The summed E-state index contributed by atoms with van der Waals surface area (Å²) in [4.78, 5) is 12.2. The molecule has 0 saturated heterocycles. The van der Waals surface area contributed by atoms with E-state index in [4.69, 9.17) is 9.15 Å². The number of carbonyl (C=O) groups excluding carboxylic acids is 1. The van der Waals surface area contributed by atoms with Gasteiger partial charge >= 0.3 is 5.97 Å². The van der Waals surface area contributed by atoms with Crippen molar-refractivity contribution in [2.45, 2.75) is 13.0 Å². The lowest BCUT2D eigenvalue weighted by Crippen LogP contribution is -2.10. The van der Waals surface area contributed by atoms with Gasteiger partial charge in [-0.2, -0.15) is 0 Å². The maximum Gasteiger partial charge on any atom is 0.340 e. The SMILES string of the molecule is CC(OC(=O)c1ccccc1Br)c1nnc(-c2ccccc2)o1. The van der Waals surface area contributed by atoms with Crippen LogP contribution in [0, 0.1) is 0 Å². The van der Waals surface area contributed by atoms with Crippen molar-refractivity contribution in [2.24, 2.45) is 0 Å². The molecule has 0 aliphatic carbocycles. The van der Waals surface area contributed by atoms with Gasteiger partial charge in [-0.1, -0.05) is 30.3 Å². The molecule has 0 saturated carbocycles. The van der Waals surface area contributed by atoms with Crippen LogP contribution in [-0.2, 0) is 4.74 Å². The zero-order valence-corrected chi connectivity index (χ0v) is 13.9. The molecule has 1 unspecified atom stereocenters. The molecule has 0 bridgehead atoms. The van der Waals surface area contributed by atoms with Gasteiger partial charge in [-0.05, 0) is 47.1 Å². The fourth-order valence-electron chi connectivity index (χ4n) is 2.00. The monoisotopic (exact) mass is 372 g/mol. The smallest absolute Gasteiger partial charge is 0.340 e. The summed E-state index contributed by atoms with van der Waals surface area (Å²) in [5.41, 5.74) is 1.26. The van der Waals surface area contributed by atoms with Gasteiger partial charge in [0.25, 0.3) is 5.89 Å². The molecular weight excluding hydrogens is 360 g/mol. The summed E-state index contributed by atoms with van der Waals surface area (Å²) in [5.74, 6) is 0.193. The van der Waals surface area contributed by atoms with E-state index < -0.39 is 12.1 Å². The van der Waals surface area contributed by atoms with Crippen LogP contribution in [0.4, 0.5) is 0 Å². The molecule has 6 heteroatoms. The summed E-state index contributed by atoms with van der Waals surface area (Å²) < 4.78 is 11.6. The van der Waals surface area contributed by atoms with Crippen LogP contribution < -0.4 is 0 Å². The van der Waals surface area contributed by atoms with Crippen molar-refractivity contribution < 1.29 is 13.9 Å². The third-order valence-electron chi connectivity index (χ3n) is 3.19. The van der Waals surface area contributed by atoms with Gasteiger partial charge in [0.1, 0.15) is 0 Å². The summed E-state index contributed by atoms with van der Waals surface area (Å²) in [7, 11) is 0. The van der Waals surface area contributed by atoms with Crippen LogP contribution in [0.2, 0.25) is 0 Å². The Labute approximate surface area is 141 Å². The van der Waals surface area contributed by atoms with Crippen molar-refractivity contribution in [2.75, 3.05) is 0 Å². The van der Waals surface area contributed by atoms with Crippen molar-refractivity contribution in [3.63, 3.8) is 0 Å². The minimum atomic E-state index is -0.639. The van der Waals surface area contributed by atoms with Gasteiger partial charge in [0, 0.05) is 10.0 Å². The lowest BCUT2D eigenvalue weighted by atomic mass is 10.2. The molecule has 0 aliphatic rings. The second-order valence-electron chi connectivity index (χ2n) is 4.84. The molecule has 0 aliphatic heterocycles. The molecular formula is C17H13BrN2O3. The first-order chi connectivity index (χ1) is 11.1. The van der Waals surface area contributed by atoms with Crippen LogP contribution in [0.25, 0.3) is 11.5 Å². The van der Waals surface area contributed by atoms with Crippen LogP contribution in [0.3, 0.4) is 0 Å². The number of hydrogen-bond acceptors (Lipinski definition) is 5. The third-order valence-corrected chi connectivity index (χ3v) is 3.88. The van der Waals surface area contributed by atoms with Crippen LogP contribution >= 0.6 is 15.9 Å². The van der Waals surface area contributed by atoms with Gasteiger partial charge in [-0.15, -0.1) is 10.2 Å². The predicted molar refractivity (Wildman–Crippen MR) is 87.7 cm³/mol. The summed E-state index contributed by atoms with van der Waals surface area (Å²) in [6.45, 7) is 1.69. The highest BCUT2D eigenvalue weighted by Gasteiger charge is 2.20. The number of hydrogen-bond donors (Lipinski definition) is 0.